The fraction of sp³-hybridized carbons (Fsp3) is 0. The third-order valence-electron chi connectivity index (χ3n) is 6.51. The highest BCUT2D eigenvalue weighted by molar-refractivity contribution is 6.14. The molecule has 0 unspecified atom stereocenters. The maximum Gasteiger partial charge on any atom is 0.0782 e. The van der Waals surface area contributed by atoms with Gasteiger partial charge in [0.1, 0.15) is 0 Å². The van der Waals surface area contributed by atoms with Crippen LogP contribution in [-0.4, -0.2) is 9.13 Å². The largest absolute Gasteiger partial charge is 0.307 e. The fourth-order valence-electron chi connectivity index (χ4n) is 5.21. The van der Waals surface area contributed by atoms with E-state index in [1.165, 1.54) is 55.0 Å². The van der Waals surface area contributed by atoms with Gasteiger partial charge in [-0.25, -0.2) is 0 Å². The van der Waals surface area contributed by atoms with E-state index in [0.29, 0.717) is 0 Å². The van der Waals surface area contributed by atoms with Crippen LogP contribution in [0.15, 0.2) is 121 Å². The van der Waals surface area contributed by atoms with Gasteiger partial charge in [-0.15, -0.1) is 0 Å². The first kappa shape index (κ1) is 17.4. The summed E-state index contributed by atoms with van der Waals surface area (Å²) in [4.78, 5) is 0. The van der Waals surface area contributed by atoms with Gasteiger partial charge >= 0.3 is 0 Å². The van der Waals surface area contributed by atoms with Crippen molar-refractivity contribution in [1.29, 1.82) is 0 Å². The maximum absolute atomic E-state index is 2.42. The minimum Gasteiger partial charge on any atom is -0.307 e. The molecule has 2 aromatic heterocycles. The smallest absolute Gasteiger partial charge is 0.0782 e. The van der Waals surface area contributed by atoms with Crippen LogP contribution in [0.3, 0.4) is 0 Å². The molecule has 0 aliphatic carbocycles. The van der Waals surface area contributed by atoms with Gasteiger partial charge in [-0.2, -0.15) is 0 Å². The van der Waals surface area contributed by atoms with E-state index in [0.717, 1.165) is 0 Å². The van der Waals surface area contributed by atoms with Crippen molar-refractivity contribution >= 4 is 43.6 Å². The molecule has 7 aromatic rings. The number of para-hydroxylation sites is 5. The molecule has 0 bridgehead atoms. The second kappa shape index (κ2) is 6.60. The van der Waals surface area contributed by atoms with Gasteiger partial charge < -0.3 is 9.13 Å². The van der Waals surface area contributed by atoms with Crippen LogP contribution in [0.4, 0.5) is 0 Å². The lowest BCUT2D eigenvalue weighted by molar-refractivity contribution is 1.13. The summed E-state index contributed by atoms with van der Waals surface area (Å²) in [6.07, 6.45) is 0. The molecule has 0 radical (unpaired) electrons. The Morgan fingerprint density at radius 2 is 0.812 bits per heavy atom. The number of hydrogen-bond donors (Lipinski definition) is 0. The number of nitrogens with zero attached hydrogens (tertiary/aromatic N) is 2. The molecule has 5 aromatic carbocycles. The Morgan fingerprint density at radius 1 is 0.344 bits per heavy atom. The Balaban J connectivity index is 1.73. The van der Waals surface area contributed by atoms with E-state index in [2.05, 4.69) is 130 Å². The number of fused-ring (bicyclic) bond motifs is 6. The Morgan fingerprint density at radius 3 is 1.44 bits per heavy atom. The molecule has 0 atom stereocenters. The van der Waals surface area contributed by atoms with Crippen molar-refractivity contribution in [1.82, 2.24) is 9.13 Å². The van der Waals surface area contributed by atoms with Crippen molar-refractivity contribution < 1.29 is 0 Å². The Bertz CT molecular complexity index is 1710. The lowest BCUT2D eigenvalue weighted by Crippen LogP contribution is -2.00. The number of benzene rings is 5. The van der Waals surface area contributed by atoms with Crippen LogP contribution in [0.1, 0.15) is 0 Å². The van der Waals surface area contributed by atoms with Gasteiger partial charge in [0.25, 0.3) is 0 Å². The number of hydrogen-bond acceptors (Lipinski definition) is 0. The van der Waals surface area contributed by atoms with Crippen LogP contribution in [0.5, 0.6) is 0 Å². The van der Waals surface area contributed by atoms with Crippen molar-refractivity contribution in [2.45, 2.75) is 0 Å². The average molecular weight is 409 g/mol. The van der Waals surface area contributed by atoms with Gasteiger partial charge in [0.2, 0.25) is 0 Å². The van der Waals surface area contributed by atoms with Crippen molar-refractivity contribution in [3.05, 3.63) is 121 Å². The number of aromatic nitrogens is 2. The predicted molar refractivity (Wildman–Crippen MR) is 135 cm³/mol. The van der Waals surface area contributed by atoms with E-state index in [4.69, 9.17) is 0 Å². The molecule has 7 rings (SSSR count). The zero-order valence-electron chi connectivity index (χ0n) is 17.4. The third kappa shape index (κ3) is 2.29. The van der Waals surface area contributed by atoms with E-state index >= 15 is 0 Å². The zero-order valence-corrected chi connectivity index (χ0v) is 17.4. The average Bonchev–Trinajstić information content (AvgIpc) is 3.38. The summed E-state index contributed by atoms with van der Waals surface area (Å²) in [6, 6.07) is 43.5. The second-order valence-electron chi connectivity index (χ2n) is 8.23. The molecule has 0 saturated heterocycles. The van der Waals surface area contributed by atoms with Crippen LogP contribution in [0.25, 0.3) is 55.0 Å². The van der Waals surface area contributed by atoms with Crippen LogP contribution < -0.4 is 0 Å². The Hall–Kier alpha value is -4.30. The summed E-state index contributed by atoms with van der Waals surface area (Å²) in [5.41, 5.74) is 7.28. The fourth-order valence-corrected chi connectivity index (χ4v) is 5.21. The van der Waals surface area contributed by atoms with Crippen molar-refractivity contribution in [2.75, 3.05) is 0 Å². The Kier molecular flexibility index (Phi) is 3.58. The second-order valence-corrected chi connectivity index (χ2v) is 8.23. The Labute approximate surface area is 185 Å². The zero-order chi connectivity index (χ0) is 21.1. The topological polar surface area (TPSA) is 9.86 Å². The molecule has 2 heteroatoms. The molecule has 0 saturated carbocycles. The first-order valence-electron chi connectivity index (χ1n) is 11.0. The van der Waals surface area contributed by atoms with Gasteiger partial charge in [-0.05, 0) is 36.4 Å². The van der Waals surface area contributed by atoms with Gasteiger partial charge in [0.15, 0.2) is 0 Å². The van der Waals surface area contributed by atoms with E-state index in [-0.39, 0.29) is 0 Å². The van der Waals surface area contributed by atoms with Gasteiger partial charge in [0, 0.05) is 27.2 Å². The third-order valence-corrected chi connectivity index (χ3v) is 6.51. The van der Waals surface area contributed by atoms with Crippen LogP contribution in [0.2, 0.25) is 0 Å². The molecule has 0 aliphatic heterocycles. The summed E-state index contributed by atoms with van der Waals surface area (Å²) in [7, 11) is 0. The molecule has 0 spiro atoms. The summed E-state index contributed by atoms with van der Waals surface area (Å²) in [5, 5.41) is 5.10. The maximum atomic E-state index is 2.42. The van der Waals surface area contributed by atoms with Gasteiger partial charge in [0.05, 0.1) is 27.8 Å². The minimum atomic E-state index is 1.17. The first-order chi connectivity index (χ1) is 15.9. The molecule has 150 valence electrons. The number of rotatable bonds is 2. The molecule has 0 N–H and O–H groups in total. The van der Waals surface area contributed by atoms with Gasteiger partial charge in [-0.3, -0.25) is 0 Å². The molecule has 0 fully saturated rings. The predicted octanol–water partition coefficient (Wildman–Crippen LogP) is 7.88. The summed E-state index contributed by atoms with van der Waals surface area (Å²) >= 11 is 0. The van der Waals surface area contributed by atoms with Crippen molar-refractivity contribution in [2.24, 2.45) is 0 Å². The van der Waals surface area contributed by atoms with Crippen molar-refractivity contribution in [3.63, 3.8) is 0 Å². The van der Waals surface area contributed by atoms with E-state index in [1.807, 2.05) is 0 Å². The van der Waals surface area contributed by atoms with Gasteiger partial charge in [-0.1, -0.05) is 84.9 Å². The molecule has 2 nitrogen and oxygen atoms in total. The normalized spacial score (nSPS) is 11.8. The molecular formula is C30H20N2. The first-order valence-corrected chi connectivity index (χ1v) is 11.0. The van der Waals surface area contributed by atoms with Crippen LogP contribution >= 0.6 is 0 Å². The molecule has 32 heavy (non-hydrogen) atoms. The lowest BCUT2D eigenvalue weighted by atomic mass is 10.1. The molecule has 0 aliphatic rings. The molecular weight excluding hydrogens is 388 g/mol. The SMILES string of the molecule is c1ccc(-n2c3ccccc3c3cccc(-n4c5ccccc5c5ccccc54)c32)cc1. The monoisotopic (exact) mass is 408 g/mol. The molecule has 2 heterocycles. The summed E-state index contributed by atoms with van der Waals surface area (Å²) < 4.78 is 4.83. The van der Waals surface area contributed by atoms with Crippen LogP contribution in [-0.2, 0) is 0 Å². The summed E-state index contributed by atoms with van der Waals surface area (Å²) in [5.74, 6) is 0. The highest BCUT2D eigenvalue weighted by atomic mass is 15.1. The molecule has 0 amide bonds. The minimum absolute atomic E-state index is 1.17. The quantitative estimate of drug-likeness (QED) is 0.275. The van der Waals surface area contributed by atoms with E-state index in [1.54, 1.807) is 0 Å². The summed E-state index contributed by atoms with van der Waals surface area (Å²) in [6.45, 7) is 0. The lowest BCUT2D eigenvalue weighted by Gasteiger charge is -2.14. The standard InChI is InChI=1S/C30H20N2/c1-2-11-21(12-3-1)31-26-17-7-6-15-24(26)25-16-10-20-29(30(25)31)32-27-18-8-4-13-22(27)23-14-5-9-19-28(23)32/h1-20H. The highest BCUT2D eigenvalue weighted by Crippen LogP contribution is 2.39. The van der Waals surface area contributed by atoms with E-state index < -0.39 is 0 Å². The highest BCUT2D eigenvalue weighted by Gasteiger charge is 2.19. The van der Waals surface area contributed by atoms with E-state index in [9.17, 15) is 0 Å². The van der Waals surface area contributed by atoms with Crippen molar-refractivity contribution in [3.8, 4) is 11.4 Å². The van der Waals surface area contributed by atoms with Crippen LogP contribution in [0, 0.1) is 0 Å².